The summed E-state index contributed by atoms with van der Waals surface area (Å²) in [5.74, 6) is -1.65. The molecule has 2 aliphatic heterocycles. The summed E-state index contributed by atoms with van der Waals surface area (Å²) in [5.41, 5.74) is 2.17. The Morgan fingerprint density at radius 2 is 1.85 bits per heavy atom. The van der Waals surface area contributed by atoms with Gasteiger partial charge in [-0.2, -0.15) is 4.98 Å². The molecule has 172 valence electrons. The number of nitrogens with zero attached hydrogens (tertiary/aromatic N) is 3. The molecule has 0 aliphatic carbocycles. The molecule has 11 nitrogen and oxygen atoms in total. The van der Waals surface area contributed by atoms with Gasteiger partial charge in [-0.1, -0.05) is 24.3 Å². The Labute approximate surface area is 193 Å². The van der Waals surface area contributed by atoms with Crippen LogP contribution in [0, 0.1) is 10.1 Å². The molecule has 0 saturated carbocycles. The highest BCUT2D eigenvalue weighted by Gasteiger charge is 2.35. The molecule has 2 aromatic carbocycles. The molecule has 3 aromatic rings. The van der Waals surface area contributed by atoms with Crippen molar-refractivity contribution in [2.24, 2.45) is 0 Å². The van der Waals surface area contributed by atoms with Crippen LogP contribution in [-0.4, -0.2) is 33.3 Å². The summed E-state index contributed by atoms with van der Waals surface area (Å²) in [5, 5.41) is 16.1. The van der Waals surface area contributed by atoms with E-state index in [-0.39, 0.29) is 23.5 Å². The number of nitro benzene ring substituents is 1. The molecule has 0 spiro atoms. The maximum atomic E-state index is 13.0. The van der Waals surface area contributed by atoms with Gasteiger partial charge in [-0.15, -0.1) is 0 Å². The number of carbonyl (C=O) groups is 2. The minimum Gasteiger partial charge on any atom is -0.338 e. The average molecular weight is 460 g/mol. The monoisotopic (exact) mass is 460 g/mol. The van der Waals surface area contributed by atoms with Gasteiger partial charge in [0.25, 0.3) is 11.2 Å². The molecule has 3 heterocycles. The highest BCUT2D eigenvalue weighted by molar-refractivity contribution is 6.04. The molecule has 2 aliphatic rings. The van der Waals surface area contributed by atoms with Gasteiger partial charge in [-0.25, -0.2) is 0 Å². The molecule has 2 amide bonds. The zero-order chi connectivity index (χ0) is 23.8. The molecule has 0 radical (unpaired) electrons. The smallest absolute Gasteiger partial charge is 0.269 e. The minimum atomic E-state index is -1.05. The number of fused-ring (bicyclic) bond motifs is 2. The van der Waals surface area contributed by atoms with E-state index >= 15 is 0 Å². The van der Waals surface area contributed by atoms with Gasteiger partial charge in [0.2, 0.25) is 17.8 Å². The molecule has 3 N–H and O–H groups in total. The summed E-state index contributed by atoms with van der Waals surface area (Å²) in [6.07, 6.45) is 0.580. The Bertz CT molecular complexity index is 1370. The standard InChI is InChI=1S/C23H20N6O5/c30-18-11-17(21(31)24-15-5-7-16(8-6-15)29(33)34)19-20(25-18)26-23(27-22(19)32)28-10-9-13-3-1-2-4-14(13)12-28/h1-8,17H,9-12H2,(H,24,31)(H2,25,26,27,30,32)/t17-/m1/s1. The number of nitrogens with one attached hydrogen (secondary N) is 3. The first kappa shape index (κ1) is 21.3. The predicted octanol–water partition coefficient (Wildman–Crippen LogP) is 2.31. The number of nitro groups is 1. The summed E-state index contributed by atoms with van der Waals surface area (Å²) in [6, 6.07) is 13.3. The Morgan fingerprint density at radius 1 is 1.12 bits per heavy atom. The Morgan fingerprint density at radius 3 is 2.59 bits per heavy atom. The van der Waals surface area contributed by atoms with Crippen LogP contribution in [0.5, 0.6) is 0 Å². The summed E-state index contributed by atoms with van der Waals surface area (Å²) < 4.78 is 0. The first-order valence-electron chi connectivity index (χ1n) is 10.7. The minimum absolute atomic E-state index is 0.0673. The summed E-state index contributed by atoms with van der Waals surface area (Å²) in [4.78, 5) is 57.8. The van der Waals surface area contributed by atoms with Gasteiger partial charge in [-0.05, 0) is 29.7 Å². The number of carbonyl (C=O) groups excluding carboxylic acids is 2. The fourth-order valence-electron chi connectivity index (χ4n) is 4.31. The summed E-state index contributed by atoms with van der Waals surface area (Å²) >= 11 is 0. The van der Waals surface area contributed by atoms with E-state index in [1.165, 1.54) is 29.8 Å². The number of hydrogen-bond donors (Lipinski definition) is 3. The van der Waals surface area contributed by atoms with E-state index in [0.717, 1.165) is 12.0 Å². The van der Waals surface area contributed by atoms with E-state index in [1.54, 1.807) is 0 Å². The third kappa shape index (κ3) is 3.98. The van der Waals surface area contributed by atoms with Gasteiger partial charge in [0.1, 0.15) is 5.82 Å². The normalized spacial score (nSPS) is 16.8. The van der Waals surface area contributed by atoms with Crippen molar-refractivity contribution in [3.63, 3.8) is 0 Å². The fourth-order valence-corrected chi connectivity index (χ4v) is 4.31. The van der Waals surface area contributed by atoms with Crippen molar-refractivity contribution in [2.75, 3.05) is 22.1 Å². The van der Waals surface area contributed by atoms with Crippen LogP contribution in [0.1, 0.15) is 29.0 Å². The van der Waals surface area contributed by atoms with Gasteiger partial charge in [0, 0.05) is 37.3 Å². The number of aromatic nitrogens is 2. The van der Waals surface area contributed by atoms with E-state index in [4.69, 9.17) is 0 Å². The van der Waals surface area contributed by atoms with Crippen LogP contribution < -0.4 is 21.1 Å². The van der Waals surface area contributed by atoms with E-state index in [9.17, 15) is 24.5 Å². The van der Waals surface area contributed by atoms with E-state index in [1.807, 2.05) is 23.1 Å². The molecule has 11 heteroatoms. The van der Waals surface area contributed by atoms with Crippen molar-refractivity contribution in [3.05, 3.63) is 85.7 Å². The largest absolute Gasteiger partial charge is 0.338 e. The maximum absolute atomic E-state index is 13.0. The van der Waals surface area contributed by atoms with Gasteiger partial charge in [0.15, 0.2) is 0 Å². The second-order valence-corrected chi connectivity index (χ2v) is 8.19. The van der Waals surface area contributed by atoms with E-state index < -0.39 is 28.2 Å². The van der Waals surface area contributed by atoms with Crippen LogP contribution >= 0.6 is 0 Å². The van der Waals surface area contributed by atoms with Crippen LogP contribution in [0.3, 0.4) is 0 Å². The van der Waals surface area contributed by atoms with Crippen molar-refractivity contribution in [2.45, 2.75) is 25.3 Å². The highest BCUT2D eigenvalue weighted by atomic mass is 16.6. The molecule has 0 fully saturated rings. The number of aromatic amines is 1. The summed E-state index contributed by atoms with van der Waals surface area (Å²) in [7, 11) is 0. The Kier molecular flexibility index (Phi) is 5.28. The lowest BCUT2D eigenvalue weighted by Crippen LogP contribution is -2.38. The molecule has 0 unspecified atom stereocenters. The van der Waals surface area contributed by atoms with Gasteiger partial charge < -0.3 is 15.5 Å². The second-order valence-electron chi connectivity index (χ2n) is 8.19. The third-order valence-corrected chi connectivity index (χ3v) is 6.03. The van der Waals surface area contributed by atoms with Crippen molar-refractivity contribution in [1.82, 2.24) is 9.97 Å². The van der Waals surface area contributed by atoms with Gasteiger partial charge in [-0.3, -0.25) is 29.5 Å². The number of benzene rings is 2. The zero-order valence-corrected chi connectivity index (χ0v) is 17.9. The molecule has 1 aromatic heterocycles. The lowest BCUT2D eigenvalue weighted by molar-refractivity contribution is -0.384. The van der Waals surface area contributed by atoms with Crippen LogP contribution in [-0.2, 0) is 22.6 Å². The molecule has 0 saturated heterocycles. The number of non-ortho nitro benzene ring substituents is 1. The SMILES string of the molecule is O=C1C[C@@H](C(=O)Nc2ccc([N+](=O)[O-])cc2)c2c(nc(N3CCc4ccccc4C3)[nH]c2=O)N1. The summed E-state index contributed by atoms with van der Waals surface area (Å²) in [6.45, 7) is 1.21. The molecular weight excluding hydrogens is 440 g/mol. The van der Waals surface area contributed by atoms with Crippen LogP contribution in [0.4, 0.5) is 23.1 Å². The lowest BCUT2D eigenvalue weighted by atomic mass is 9.92. The lowest BCUT2D eigenvalue weighted by Gasteiger charge is -2.30. The average Bonchev–Trinajstić information content (AvgIpc) is 2.83. The van der Waals surface area contributed by atoms with Crippen LogP contribution in [0.2, 0.25) is 0 Å². The van der Waals surface area contributed by atoms with Gasteiger partial charge >= 0.3 is 0 Å². The molecule has 0 bridgehead atoms. The van der Waals surface area contributed by atoms with Crippen molar-refractivity contribution in [1.29, 1.82) is 0 Å². The fraction of sp³-hybridized carbons (Fsp3) is 0.217. The first-order chi connectivity index (χ1) is 16.4. The molecule has 5 rings (SSSR count). The molecule has 1 atom stereocenters. The van der Waals surface area contributed by atoms with Crippen molar-refractivity contribution >= 4 is 35.0 Å². The number of hydrogen-bond acceptors (Lipinski definition) is 7. The second kappa shape index (κ2) is 8.43. The van der Waals surface area contributed by atoms with E-state index in [2.05, 4.69) is 26.7 Å². The predicted molar refractivity (Wildman–Crippen MR) is 124 cm³/mol. The van der Waals surface area contributed by atoms with Gasteiger partial charge in [0.05, 0.1) is 16.4 Å². The zero-order valence-electron chi connectivity index (χ0n) is 17.9. The van der Waals surface area contributed by atoms with Crippen molar-refractivity contribution < 1.29 is 14.5 Å². The number of amides is 2. The Balaban J connectivity index is 1.41. The third-order valence-electron chi connectivity index (χ3n) is 6.03. The molecular formula is C23H20N6O5. The maximum Gasteiger partial charge on any atom is 0.269 e. The van der Waals surface area contributed by atoms with E-state index in [0.29, 0.717) is 24.7 Å². The topological polar surface area (TPSA) is 150 Å². The number of anilines is 3. The van der Waals surface area contributed by atoms with Crippen LogP contribution in [0.15, 0.2) is 53.3 Å². The first-order valence-corrected chi connectivity index (χ1v) is 10.7. The van der Waals surface area contributed by atoms with Crippen molar-refractivity contribution in [3.8, 4) is 0 Å². The number of H-pyrrole nitrogens is 1. The quantitative estimate of drug-likeness (QED) is 0.399. The molecule has 34 heavy (non-hydrogen) atoms. The van der Waals surface area contributed by atoms with Crippen LogP contribution in [0.25, 0.3) is 0 Å². The Hall–Kier alpha value is -4.54. The highest BCUT2D eigenvalue weighted by Crippen LogP contribution is 2.31. The number of rotatable bonds is 4.